The number of carbonyl (C=O) groups excluding carboxylic acids is 2. The van der Waals surface area contributed by atoms with E-state index in [1.165, 1.54) is 10.5 Å². The fourth-order valence-electron chi connectivity index (χ4n) is 4.27. The molecule has 0 aromatic heterocycles. The molecule has 0 bridgehead atoms. The van der Waals surface area contributed by atoms with Crippen molar-refractivity contribution in [2.45, 2.75) is 50.7 Å². The Morgan fingerprint density at radius 1 is 1.00 bits per heavy atom. The van der Waals surface area contributed by atoms with E-state index in [4.69, 9.17) is 0 Å². The van der Waals surface area contributed by atoms with Crippen molar-refractivity contribution in [2.24, 2.45) is 5.92 Å². The van der Waals surface area contributed by atoms with Gasteiger partial charge in [-0.2, -0.15) is 13.2 Å². The van der Waals surface area contributed by atoms with Crippen molar-refractivity contribution < 1.29 is 22.8 Å². The molecule has 1 atom stereocenters. The summed E-state index contributed by atoms with van der Waals surface area (Å²) in [4.78, 5) is 27.3. The number of hydrogen-bond acceptors (Lipinski definition) is 3. The van der Waals surface area contributed by atoms with Crippen LogP contribution in [0.1, 0.15) is 55.2 Å². The standard InChI is InChI=1S/C26H30F3N3O2/c1-16(2)17-7-9-18(10-8-17)23(25(34)30-20-11-12-20)21-5-3-4-6-22(21)31-24(33)19-13-32(14-19)15-26(27,28)29/h3-10,16,19-20,23H,11-15H2,1-2H3,(H,30,34)(H,31,33). The minimum absolute atomic E-state index is 0.0652. The molecule has 1 heterocycles. The topological polar surface area (TPSA) is 61.4 Å². The first-order chi connectivity index (χ1) is 16.1. The van der Waals surface area contributed by atoms with E-state index in [0.717, 1.165) is 18.4 Å². The molecular formula is C26H30F3N3O2. The monoisotopic (exact) mass is 473 g/mol. The van der Waals surface area contributed by atoms with Gasteiger partial charge in [-0.05, 0) is 41.5 Å². The number of carbonyl (C=O) groups is 2. The molecule has 0 radical (unpaired) electrons. The van der Waals surface area contributed by atoms with Gasteiger partial charge in [-0.15, -0.1) is 0 Å². The number of alkyl halides is 3. The van der Waals surface area contributed by atoms with Gasteiger partial charge < -0.3 is 10.6 Å². The van der Waals surface area contributed by atoms with Gasteiger partial charge in [0.25, 0.3) is 0 Å². The highest BCUT2D eigenvalue weighted by atomic mass is 19.4. The normalized spacial score (nSPS) is 17.8. The minimum Gasteiger partial charge on any atom is -0.353 e. The molecule has 2 fully saturated rings. The summed E-state index contributed by atoms with van der Waals surface area (Å²) in [6.45, 7) is 3.33. The molecule has 5 nitrogen and oxygen atoms in total. The second-order valence-corrected chi connectivity index (χ2v) is 9.62. The van der Waals surface area contributed by atoms with Crippen LogP contribution in [-0.4, -0.2) is 48.6 Å². The zero-order valence-electron chi connectivity index (χ0n) is 19.4. The van der Waals surface area contributed by atoms with Gasteiger partial charge in [0.15, 0.2) is 0 Å². The van der Waals surface area contributed by atoms with Crippen LogP contribution in [0, 0.1) is 5.92 Å². The SMILES string of the molecule is CC(C)c1ccc(C(C(=O)NC2CC2)c2ccccc2NC(=O)C2CN(CC(F)(F)F)C2)cc1. The number of anilines is 1. The van der Waals surface area contributed by atoms with E-state index < -0.39 is 24.6 Å². The van der Waals surface area contributed by atoms with E-state index in [-0.39, 0.29) is 30.9 Å². The zero-order chi connectivity index (χ0) is 24.5. The van der Waals surface area contributed by atoms with Crippen molar-refractivity contribution in [3.05, 3.63) is 65.2 Å². The third-order valence-electron chi connectivity index (χ3n) is 6.38. The van der Waals surface area contributed by atoms with Crippen LogP contribution < -0.4 is 10.6 Å². The summed E-state index contributed by atoms with van der Waals surface area (Å²) in [6, 6.07) is 15.3. The highest BCUT2D eigenvalue weighted by Gasteiger charge is 2.40. The van der Waals surface area contributed by atoms with Crippen molar-refractivity contribution >= 4 is 17.5 Å². The molecular weight excluding hydrogens is 443 g/mol. The first-order valence-corrected chi connectivity index (χ1v) is 11.7. The summed E-state index contributed by atoms with van der Waals surface area (Å²) in [5.74, 6) is -1.22. The van der Waals surface area contributed by atoms with E-state index in [9.17, 15) is 22.8 Å². The number of likely N-dealkylation sites (tertiary alicyclic amines) is 1. The maximum atomic E-state index is 13.3. The Hall–Kier alpha value is -2.87. The summed E-state index contributed by atoms with van der Waals surface area (Å²) < 4.78 is 37.7. The van der Waals surface area contributed by atoms with Gasteiger partial charge in [0.2, 0.25) is 11.8 Å². The van der Waals surface area contributed by atoms with Gasteiger partial charge in [-0.3, -0.25) is 14.5 Å². The summed E-state index contributed by atoms with van der Waals surface area (Å²) in [6.07, 6.45) is -2.36. The summed E-state index contributed by atoms with van der Waals surface area (Å²) in [5.41, 5.74) is 3.16. The van der Waals surface area contributed by atoms with Gasteiger partial charge in [0.1, 0.15) is 0 Å². The van der Waals surface area contributed by atoms with Crippen LogP contribution >= 0.6 is 0 Å². The lowest BCUT2D eigenvalue weighted by atomic mass is 9.87. The second kappa shape index (κ2) is 9.78. The molecule has 34 heavy (non-hydrogen) atoms. The van der Waals surface area contributed by atoms with Gasteiger partial charge in [0, 0.05) is 24.8 Å². The number of para-hydroxylation sites is 1. The Kier molecular flexibility index (Phi) is 6.98. The highest BCUT2D eigenvalue weighted by Crippen LogP contribution is 2.34. The van der Waals surface area contributed by atoms with Gasteiger partial charge in [-0.25, -0.2) is 0 Å². The molecule has 1 aliphatic heterocycles. The van der Waals surface area contributed by atoms with Crippen molar-refractivity contribution in [1.29, 1.82) is 0 Å². The number of rotatable bonds is 8. The maximum absolute atomic E-state index is 13.3. The average Bonchev–Trinajstić information content (AvgIpc) is 3.55. The number of amides is 2. The van der Waals surface area contributed by atoms with Crippen LogP contribution in [0.25, 0.3) is 0 Å². The average molecular weight is 474 g/mol. The molecule has 1 saturated carbocycles. The van der Waals surface area contributed by atoms with Crippen molar-refractivity contribution in [2.75, 3.05) is 25.0 Å². The molecule has 1 unspecified atom stereocenters. The van der Waals surface area contributed by atoms with Crippen molar-refractivity contribution in [3.8, 4) is 0 Å². The Labute approximate surface area is 197 Å². The second-order valence-electron chi connectivity index (χ2n) is 9.62. The van der Waals surface area contributed by atoms with Gasteiger partial charge in [0.05, 0.1) is 18.4 Å². The fourth-order valence-corrected chi connectivity index (χ4v) is 4.27. The predicted molar refractivity (Wildman–Crippen MR) is 125 cm³/mol. The zero-order valence-corrected chi connectivity index (χ0v) is 19.4. The molecule has 2 amide bonds. The lowest BCUT2D eigenvalue weighted by Crippen LogP contribution is -2.54. The molecule has 0 spiro atoms. The number of nitrogens with one attached hydrogen (secondary N) is 2. The van der Waals surface area contributed by atoms with Gasteiger partial charge in [-0.1, -0.05) is 56.3 Å². The van der Waals surface area contributed by atoms with Crippen molar-refractivity contribution in [1.82, 2.24) is 10.2 Å². The van der Waals surface area contributed by atoms with E-state index in [1.54, 1.807) is 12.1 Å². The summed E-state index contributed by atoms with van der Waals surface area (Å²) >= 11 is 0. The van der Waals surface area contributed by atoms with Crippen LogP contribution in [0.3, 0.4) is 0 Å². The Bertz CT molecular complexity index is 1030. The maximum Gasteiger partial charge on any atom is 0.401 e. The van der Waals surface area contributed by atoms with Crippen LogP contribution in [0.2, 0.25) is 0 Å². The molecule has 2 aliphatic rings. The number of hydrogen-bond donors (Lipinski definition) is 2. The van der Waals surface area contributed by atoms with Crippen LogP contribution in [0.5, 0.6) is 0 Å². The molecule has 2 aromatic rings. The van der Waals surface area contributed by atoms with Crippen LogP contribution in [-0.2, 0) is 9.59 Å². The quantitative estimate of drug-likeness (QED) is 0.587. The van der Waals surface area contributed by atoms with Crippen LogP contribution in [0.4, 0.5) is 18.9 Å². The molecule has 1 saturated heterocycles. The molecule has 2 N–H and O–H groups in total. The Morgan fingerprint density at radius 3 is 2.21 bits per heavy atom. The van der Waals surface area contributed by atoms with Gasteiger partial charge >= 0.3 is 6.18 Å². The molecule has 1 aliphatic carbocycles. The Balaban J connectivity index is 1.54. The van der Waals surface area contributed by atoms with E-state index in [2.05, 4.69) is 24.5 Å². The summed E-state index contributed by atoms with van der Waals surface area (Å²) in [7, 11) is 0. The number of benzene rings is 2. The van der Waals surface area contributed by atoms with E-state index in [0.29, 0.717) is 17.2 Å². The fraction of sp³-hybridized carbons (Fsp3) is 0.462. The lowest BCUT2D eigenvalue weighted by Gasteiger charge is -2.38. The van der Waals surface area contributed by atoms with E-state index >= 15 is 0 Å². The first-order valence-electron chi connectivity index (χ1n) is 11.7. The van der Waals surface area contributed by atoms with Crippen molar-refractivity contribution in [3.63, 3.8) is 0 Å². The predicted octanol–water partition coefficient (Wildman–Crippen LogP) is 4.65. The molecule has 8 heteroatoms. The third kappa shape index (κ3) is 5.97. The summed E-state index contributed by atoms with van der Waals surface area (Å²) in [5, 5.41) is 5.95. The first kappa shape index (κ1) is 24.3. The molecule has 182 valence electrons. The number of halogens is 3. The van der Waals surface area contributed by atoms with E-state index in [1.807, 2.05) is 36.4 Å². The minimum atomic E-state index is -4.28. The third-order valence-corrected chi connectivity index (χ3v) is 6.38. The Morgan fingerprint density at radius 2 is 1.62 bits per heavy atom. The molecule has 2 aromatic carbocycles. The van der Waals surface area contributed by atoms with Crippen LogP contribution in [0.15, 0.2) is 48.5 Å². The largest absolute Gasteiger partial charge is 0.401 e. The number of nitrogens with zero attached hydrogens (tertiary/aromatic N) is 1. The lowest BCUT2D eigenvalue weighted by molar-refractivity contribution is -0.162. The smallest absolute Gasteiger partial charge is 0.353 e. The highest BCUT2D eigenvalue weighted by molar-refractivity contribution is 5.96. The molecule has 4 rings (SSSR count).